The Morgan fingerprint density at radius 2 is 1.70 bits per heavy atom. The fourth-order valence-electron chi connectivity index (χ4n) is 3.52. The first-order valence-electron chi connectivity index (χ1n) is 9.37. The van der Waals surface area contributed by atoms with Crippen molar-refractivity contribution in [2.24, 2.45) is 0 Å². The second-order valence-corrected chi connectivity index (χ2v) is 6.94. The zero-order chi connectivity index (χ0) is 18.6. The molecule has 0 aliphatic carbocycles. The zero-order valence-corrected chi connectivity index (χ0v) is 15.1. The third kappa shape index (κ3) is 4.08. The molecule has 3 aromatic rings. The summed E-state index contributed by atoms with van der Waals surface area (Å²) in [5, 5.41) is 4.48. The minimum atomic E-state index is -0.315. The van der Waals surface area contributed by atoms with Crippen LogP contribution in [0.4, 0.5) is 10.1 Å². The number of halogens is 1. The van der Waals surface area contributed by atoms with Gasteiger partial charge in [0.05, 0.1) is 12.2 Å². The first-order chi connectivity index (χ1) is 13.2. The van der Waals surface area contributed by atoms with Gasteiger partial charge in [0, 0.05) is 30.4 Å². The summed E-state index contributed by atoms with van der Waals surface area (Å²) < 4.78 is 14.8. The number of rotatable bonds is 4. The first kappa shape index (κ1) is 17.5. The molecule has 1 saturated heterocycles. The Balaban J connectivity index is 1.57. The van der Waals surface area contributed by atoms with Gasteiger partial charge in [0.25, 0.3) is 5.56 Å². The van der Waals surface area contributed by atoms with Crippen LogP contribution in [0.5, 0.6) is 0 Å². The van der Waals surface area contributed by atoms with E-state index < -0.39 is 0 Å². The van der Waals surface area contributed by atoms with Crippen LogP contribution in [-0.4, -0.2) is 22.9 Å². The minimum absolute atomic E-state index is 0.201. The van der Waals surface area contributed by atoms with Crippen molar-refractivity contribution in [3.63, 3.8) is 0 Å². The van der Waals surface area contributed by atoms with Crippen LogP contribution in [0.25, 0.3) is 11.3 Å². The molecule has 0 N–H and O–H groups in total. The summed E-state index contributed by atoms with van der Waals surface area (Å²) in [6.45, 7) is 2.46. The lowest BCUT2D eigenvalue weighted by Crippen LogP contribution is -2.29. The zero-order valence-electron chi connectivity index (χ0n) is 15.1. The van der Waals surface area contributed by atoms with E-state index >= 15 is 0 Å². The van der Waals surface area contributed by atoms with Gasteiger partial charge in [-0.05, 0) is 55.2 Å². The second kappa shape index (κ2) is 7.74. The average molecular weight is 363 g/mol. The number of anilines is 1. The van der Waals surface area contributed by atoms with Crippen molar-refractivity contribution in [3.8, 4) is 11.3 Å². The normalized spacial score (nSPS) is 14.3. The predicted octanol–water partition coefficient (Wildman–Crippen LogP) is 4.09. The van der Waals surface area contributed by atoms with Gasteiger partial charge in [-0.2, -0.15) is 5.10 Å². The molecule has 0 amide bonds. The van der Waals surface area contributed by atoms with Crippen molar-refractivity contribution in [1.29, 1.82) is 0 Å². The maximum absolute atomic E-state index is 13.4. The first-order valence-corrected chi connectivity index (χ1v) is 9.37. The third-order valence-electron chi connectivity index (χ3n) is 4.97. The van der Waals surface area contributed by atoms with Crippen molar-refractivity contribution in [2.75, 3.05) is 18.0 Å². The summed E-state index contributed by atoms with van der Waals surface area (Å²) in [4.78, 5) is 14.6. The van der Waals surface area contributed by atoms with Gasteiger partial charge in [0.2, 0.25) is 0 Å². The van der Waals surface area contributed by atoms with E-state index in [0.717, 1.165) is 24.3 Å². The lowest BCUT2D eigenvalue weighted by molar-refractivity contribution is 0.578. The molecule has 4 nitrogen and oxygen atoms in total. The fraction of sp³-hybridized carbons (Fsp3) is 0.273. The molecular formula is C22H22FN3O. The predicted molar refractivity (Wildman–Crippen MR) is 105 cm³/mol. The third-order valence-corrected chi connectivity index (χ3v) is 4.97. The molecule has 0 unspecified atom stereocenters. The molecule has 0 saturated carbocycles. The minimum Gasteiger partial charge on any atom is -0.372 e. The Morgan fingerprint density at radius 1 is 0.926 bits per heavy atom. The van der Waals surface area contributed by atoms with Crippen LogP contribution in [0.3, 0.4) is 0 Å². The molecule has 2 heterocycles. The van der Waals surface area contributed by atoms with E-state index in [1.165, 1.54) is 47.8 Å². The van der Waals surface area contributed by atoms with E-state index in [9.17, 15) is 9.18 Å². The average Bonchev–Trinajstić information content (AvgIpc) is 2.71. The Hall–Kier alpha value is -2.95. The maximum atomic E-state index is 13.4. The van der Waals surface area contributed by atoms with E-state index in [1.807, 2.05) is 12.1 Å². The van der Waals surface area contributed by atoms with Crippen LogP contribution in [-0.2, 0) is 6.54 Å². The van der Waals surface area contributed by atoms with Gasteiger partial charge in [-0.3, -0.25) is 4.79 Å². The summed E-state index contributed by atoms with van der Waals surface area (Å²) in [5.74, 6) is -0.315. The van der Waals surface area contributed by atoms with Gasteiger partial charge in [0.15, 0.2) is 0 Å². The van der Waals surface area contributed by atoms with E-state index in [1.54, 1.807) is 18.2 Å². The number of hydrogen-bond acceptors (Lipinski definition) is 3. The van der Waals surface area contributed by atoms with Crippen LogP contribution in [0.1, 0.15) is 24.8 Å². The molecule has 0 atom stereocenters. The molecule has 2 aromatic carbocycles. The van der Waals surface area contributed by atoms with E-state index in [4.69, 9.17) is 0 Å². The van der Waals surface area contributed by atoms with E-state index in [0.29, 0.717) is 5.56 Å². The number of aromatic nitrogens is 2. The molecule has 5 heteroatoms. The highest BCUT2D eigenvalue weighted by Gasteiger charge is 2.11. The van der Waals surface area contributed by atoms with Crippen LogP contribution in [0.15, 0.2) is 65.5 Å². The summed E-state index contributed by atoms with van der Waals surface area (Å²) in [7, 11) is 0. The summed E-state index contributed by atoms with van der Waals surface area (Å²) in [6, 6.07) is 17.8. The van der Waals surface area contributed by atoms with E-state index in [-0.39, 0.29) is 17.9 Å². The van der Waals surface area contributed by atoms with Gasteiger partial charge in [-0.15, -0.1) is 0 Å². The van der Waals surface area contributed by atoms with Gasteiger partial charge < -0.3 is 4.90 Å². The molecule has 27 heavy (non-hydrogen) atoms. The number of piperidine rings is 1. The molecule has 0 spiro atoms. The Labute approximate surface area is 157 Å². The highest BCUT2D eigenvalue weighted by atomic mass is 19.1. The molecule has 1 aliphatic rings. The SMILES string of the molecule is O=c1ccc(-c2ccc(N3CCCCC3)cc2)nn1Cc1cccc(F)c1. The topological polar surface area (TPSA) is 38.1 Å². The molecule has 4 rings (SSSR count). The Morgan fingerprint density at radius 3 is 2.44 bits per heavy atom. The van der Waals surface area contributed by atoms with Crippen LogP contribution in [0.2, 0.25) is 0 Å². The number of nitrogens with zero attached hydrogens (tertiary/aromatic N) is 3. The quantitative estimate of drug-likeness (QED) is 0.701. The largest absolute Gasteiger partial charge is 0.372 e. The van der Waals surface area contributed by atoms with Crippen molar-refractivity contribution in [1.82, 2.24) is 9.78 Å². The van der Waals surface area contributed by atoms with Crippen molar-refractivity contribution < 1.29 is 4.39 Å². The number of benzene rings is 2. The molecule has 1 fully saturated rings. The maximum Gasteiger partial charge on any atom is 0.267 e. The van der Waals surface area contributed by atoms with Crippen molar-refractivity contribution in [3.05, 3.63) is 82.4 Å². The van der Waals surface area contributed by atoms with Gasteiger partial charge in [-0.25, -0.2) is 9.07 Å². The summed E-state index contributed by atoms with van der Waals surface area (Å²) >= 11 is 0. The molecule has 1 aliphatic heterocycles. The van der Waals surface area contributed by atoms with Gasteiger partial charge in [0.1, 0.15) is 5.82 Å². The van der Waals surface area contributed by atoms with Crippen LogP contribution in [0, 0.1) is 5.82 Å². The molecule has 0 bridgehead atoms. The van der Waals surface area contributed by atoms with Crippen LogP contribution >= 0.6 is 0 Å². The molecule has 138 valence electrons. The number of hydrogen-bond donors (Lipinski definition) is 0. The van der Waals surface area contributed by atoms with Crippen LogP contribution < -0.4 is 10.5 Å². The summed E-state index contributed by atoms with van der Waals surface area (Å²) in [5.41, 5.74) is 3.43. The molecular weight excluding hydrogens is 341 g/mol. The second-order valence-electron chi connectivity index (χ2n) is 6.94. The monoisotopic (exact) mass is 363 g/mol. The van der Waals surface area contributed by atoms with Crippen molar-refractivity contribution in [2.45, 2.75) is 25.8 Å². The van der Waals surface area contributed by atoms with Crippen molar-refractivity contribution >= 4 is 5.69 Å². The molecule has 0 radical (unpaired) electrons. The standard InChI is InChI=1S/C22H22FN3O/c23-19-6-4-5-17(15-19)16-26-22(27)12-11-21(24-26)18-7-9-20(10-8-18)25-13-2-1-3-14-25/h4-12,15H,1-3,13-14,16H2. The van der Waals surface area contributed by atoms with Gasteiger partial charge in [-0.1, -0.05) is 24.3 Å². The Kier molecular flexibility index (Phi) is 5.01. The Bertz CT molecular complexity index is 975. The highest BCUT2D eigenvalue weighted by molar-refractivity contribution is 5.62. The highest BCUT2D eigenvalue weighted by Crippen LogP contribution is 2.23. The lowest BCUT2D eigenvalue weighted by Gasteiger charge is -2.28. The smallest absolute Gasteiger partial charge is 0.267 e. The van der Waals surface area contributed by atoms with Gasteiger partial charge >= 0.3 is 0 Å². The van der Waals surface area contributed by atoms with E-state index in [2.05, 4.69) is 22.1 Å². The fourth-order valence-corrected chi connectivity index (χ4v) is 3.52. The lowest BCUT2D eigenvalue weighted by atomic mass is 10.1. The molecule has 1 aromatic heterocycles. The summed E-state index contributed by atoms with van der Waals surface area (Å²) in [6.07, 6.45) is 3.80.